The molecule has 0 radical (unpaired) electrons. The van der Waals surface area contributed by atoms with Crippen molar-refractivity contribution in [3.63, 3.8) is 0 Å². The van der Waals surface area contributed by atoms with Gasteiger partial charge in [0, 0.05) is 12.1 Å². The van der Waals surface area contributed by atoms with E-state index in [9.17, 15) is 4.79 Å². The lowest BCUT2D eigenvalue weighted by Gasteiger charge is -2.14. The van der Waals surface area contributed by atoms with E-state index in [1.165, 1.54) is 0 Å². The third kappa shape index (κ3) is 11.2. The maximum absolute atomic E-state index is 12.5. The third-order valence-corrected chi connectivity index (χ3v) is 4.41. The molecule has 0 fully saturated rings. The van der Waals surface area contributed by atoms with E-state index in [0.29, 0.717) is 76.5 Å². The Balaban J connectivity index is 1.90. The number of unbranched alkanes of at least 4 members (excludes halogenated alkanes) is 2. The number of fused-ring (bicyclic) bond motifs is 1. The van der Waals surface area contributed by atoms with Gasteiger partial charge >= 0.3 is 0 Å². The zero-order valence-electron chi connectivity index (χ0n) is 18.4. The van der Waals surface area contributed by atoms with E-state index in [1.807, 2.05) is 13.0 Å². The molecule has 8 heteroatoms. The van der Waals surface area contributed by atoms with E-state index in [0.717, 1.165) is 19.3 Å². The van der Waals surface area contributed by atoms with Gasteiger partial charge in [-0.05, 0) is 44.4 Å². The Morgan fingerprint density at radius 2 is 1.52 bits per heavy atom. The monoisotopic (exact) mass is 437 g/mol. The zero-order valence-corrected chi connectivity index (χ0v) is 18.4. The number of carbonyl (C=O) groups is 1. The van der Waals surface area contributed by atoms with Gasteiger partial charge in [0.25, 0.3) is 5.91 Å². The Morgan fingerprint density at radius 1 is 0.871 bits per heavy atom. The van der Waals surface area contributed by atoms with Gasteiger partial charge in [-0.3, -0.25) is 4.79 Å². The van der Waals surface area contributed by atoms with Crippen LogP contribution in [0.15, 0.2) is 30.4 Å². The minimum atomic E-state index is -0.127. The zero-order chi connectivity index (χ0) is 22.0. The minimum Gasteiger partial charge on any atom is -0.487 e. The smallest absolute Gasteiger partial charge is 0.251 e. The fourth-order valence-electron chi connectivity index (χ4n) is 2.78. The number of hydrogen-bond donors (Lipinski definition) is 1. The number of carbonyl (C=O) groups excluding carboxylic acids is 1. The van der Waals surface area contributed by atoms with Gasteiger partial charge in [-0.2, -0.15) is 0 Å². The molecule has 2 rings (SSSR count). The molecule has 1 amide bonds. The molecule has 31 heavy (non-hydrogen) atoms. The Labute approximate surface area is 184 Å². The van der Waals surface area contributed by atoms with E-state index >= 15 is 0 Å². The van der Waals surface area contributed by atoms with Crippen molar-refractivity contribution in [3.8, 4) is 11.5 Å². The second-order valence-electron chi connectivity index (χ2n) is 6.84. The second kappa shape index (κ2) is 16.5. The number of benzene rings is 1. The number of hydrogen-bond acceptors (Lipinski definition) is 7. The first-order valence-corrected chi connectivity index (χ1v) is 10.9. The summed E-state index contributed by atoms with van der Waals surface area (Å²) < 4.78 is 33.2. The van der Waals surface area contributed by atoms with E-state index in [2.05, 4.69) is 11.4 Å². The molecule has 1 aliphatic rings. The lowest BCUT2D eigenvalue weighted by Crippen LogP contribution is -2.24. The van der Waals surface area contributed by atoms with Crippen LogP contribution in [-0.2, 0) is 18.9 Å². The van der Waals surface area contributed by atoms with Crippen molar-refractivity contribution in [1.82, 2.24) is 5.32 Å². The number of nitrogens with one attached hydrogen (secondary N) is 1. The van der Waals surface area contributed by atoms with Crippen molar-refractivity contribution in [2.45, 2.75) is 26.2 Å². The van der Waals surface area contributed by atoms with Gasteiger partial charge in [-0.15, -0.1) is 0 Å². The van der Waals surface area contributed by atoms with Crippen molar-refractivity contribution in [2.24, 2.45) is 0 Å². The average molecular weight is 438 g/mol. The van der Waals surface area contributed by atoms with Crippen LogP contribution in [0, 0.1) is 0 Å². The van der Waals surface area contributed by atoms with Crippen molar-refractivity contribution < 1.29 is 33.2 Å². The van der Waals surface area contributed by atoms with Gasteiger partial charge in [0.15, 0.2) is 11.5 Å². The fourth-order valence-corrected chi connectivity index (χ4v) is 2.78. The van der Waals surface area contributed by atoms with Crippen molar-refractivity contribution in [3.05, 3.63) is 35.9 Å². The molecule has 1 N–H and O–H groups in total. The van der Waals surface area contributed by atoms with Gasteiger partial charge in [-0.1, -0.05) is 12.2 Å². The van der Waals surface area contributed by atoms with Crippen LogP contribution < -0.4 is 14.8 Å². The summed E-state index contributed by atoms with van der Waals surface area (Å²) in [6.45, 7) is 6.18. The molecule has 8 nitrogen and oxygen atoms in total. The van der Waals surface area contributed by atoms with Gasteiger partial charge in [0.1, 0.15) is 20.0 Å². The fraction of sp³-hybridized carbons (Fsp3) is 0.609. The highest BCUT2D eigenvalue weighted by atomic mass is 16.7. The number of ether oxygens (including phenoxy) is 6. The predicted octanol–water partition coefficient (Wildman–Crippen LogP) is 2.96. The van der Waals surface area contributed by atoms with Crippen molar-refractivity contribution in [1.29, 1.82) is 0 Å². The molecule has 174 valence electrons. The summed E-state index contributed by atoms with van der Waals surface area (Å²) in [5, 5.41) is 2.96. The number of rotatable bonds is 6. The normalized spacial score (nSPS) is 17.2. The topological polar surface area (TPSA) is 84.5 Å². The minimum absolute atomic E-state index is 0.127. The molecule has 0 saturated carbocycles. The molecule has 1 heterocycles. The maximum atomic E-state index is 12.5. The molecule has 0 spiro atoms. The van der Waals surface area contributed by atoms with Crippen molar-refractivity contribution in [2.75, 3.05) is 66.2 Å². The van der Waals surface area contributed by atoms with Gasteiger partial charge in [0.05, 0.1) is 39.6 Å². The SMILES string of the molecule is C/C=C/CCCCNC(=O)c1ccc2c(c1)OCCOCCOCOCCOCCO2. The van der Waals surface area contributed by atoms with Crippen LogP contribution in [-0.4, -0.2) is 72.1 Å². The van der Waals surface area contributed by atoms with E-state index in [-0.39, 0.29) is 12.7 Å². The first-order chi connectivity index (χ1) is 15.3. The summed E-state index contributed by atoms with van der Waals surface area (Å²) >= 11 is 0. The summed E-state index contributed by atoms with van der Waals surface area (Å²) in [5.41, 5.74) is 0.532. The third-order valence-electron chi connectivity index (χ3n) is 4.41. The van der Waals surface area contributed by atoms with Crippen LogP contribution in [0.3, 0.4) is 0 Å². The van der Waals surface area contributed by atoms with E-state index < -0.39 is 0 Å². The molecule has 1 aromatic rings. The molecule has 0 unspecified atom stereocenters. The highest BCUT2D eigenvalue weighted by molar-refractivity contribution is 5.94. The second-order valence-corrected chi connectivity index (χ2v) is 6.84. The molecular formula is C23H35NO7. The molecule has 1 aliphatic heterocycles. The Morgan fingerprint density at radius 3 is 2.23 bits per heavy atom. The molecule has 0 atom stereocenters. The van der Waals surface area contributed by atoms with Gasteiger partial charge < -0.3 is 33.7 Å². The first kappa shape index (κ1) is 25.1. The standard InChI is InChI=1S/C23H35NO7/c1-2-3-4-5-6-9-24-23(25)20-7-8-21-22(18-20)31-17-15-27-11-13-29-19-28-12-10-26-14-16-30-21/h2-3,7-8,18H,4-6,9-17,19H2,1H3,(H,24,25)/b3-2+. The molecular weight excluding hydrogens is 402 g/mol. The van der Waals surface area contributed by atoms with Crippen LogP contribution in [0.2, 0.25) is 0 Å². The lowest BCUT2D eigenvalue weighted by atomic mass is 10.1. The Hall–Kier alpha value is -2.13. The summed E-state index contributed by atoms with van der Waals surface area (Å²) in [7, 11) is 0. The van der Waals surface area contributed by atoms with Crippen LogP contribution in [0.5, 0.6) is 11.5 Å². The summed E-state index contributed by atoms with van der Waals surface area (Å²) in [4.78, 5) is 12.5. The summed E-state index contributed by atoms with van der Waals surface area (Å²) in [6.07, 6.45) is 7.19. The predicted molar refractivity (Wildman–Crippen MR) is 117 cm³/mol. The molecule has 0 aromatic heterocycles. The van der Waals surface area contributed by atoms with Gasteiger partial charge in [-0.25, -0.2) is 0 Å². The number of amides is 1. The first-order valence-electron chi connectivity index (χ1n) is 10.9. The summed E-state index contributed by atoms with van der Waals surface area (Å²) in [5.74, 6) is 0.946. The Bertz CT molecular complexity index is 651. The summed E-state index contributed by atoms with van der Waals surface area (Å²) in [6, 6.07) is 5.20. The largest absolute Gasteiger partial charge is 0.487 e. The number of allylic oxidation sites excluding steroid dienone is 2. The molecule has 0 aliphatic carbocycles. The van der Waals surface area contributed by atoms with Crippen LogP contribution in [0.25, 0.3) is 0 Å². The van der Waals surface area contributed by atoms with Crippen molar-refractivity contribution >= 4 is 5.91 Å². The van der Waals surface area contributed by atoms with E-state index in [4.69, 9.17) is 28.4 Å². The molecule has 1 aromatic carbocycles. The Kier molecular flexibility index (Phi) is 13.4. The molecule has 0 bridgehead atoms. The quantitative estimate of drug-likeness (QED) is 0.541. The average Bonchev–Trinajstić information content (AvgIpc) is 2.79. The highest BCUT2D eigenvalue weighted by Gasteiger charge is 2.12. The van der Waals surface area contributed by atoms with E-state index in [1.54, 1.807) is 18.2 Å². The van der Waals surface area contributed by atoms with Crippen LogP contribution >= 0.6 is 0 Å². The lowest BCUT2D eigenvalue weighted by molar-refractivity contribution is -0.0826. The highest BCUT2D eigenvalue weighted by Crippen LogP contribution is 2.28. The van der Waals surface area contributed by atoms with Gasteiger partial charge in [0.2, 0.25) is 0 Å². The molecule has 0 saturated heterocycles. The maximum Gasteiger partial charge on any atom is 0.251 e. The van der Waals surface area contributed by atoms with Crippen LogP contribution in [0.4, 0.5) is 0 Å². The van der Waals surface area contributed by atoms with Crippen LogP contribution in [0.1, 0.15) is 36.5 Å².